The first-order chi connectivity index (χ1) is 5.97. The Bertz CT molecular complexity index is 224. The average molecular weight is 187 g/mol. The Morgan fingerprint density at radius 1 is 1.62 bits per heavy atom. The first kappa shape index (κ1) is 11.6. The van der Waals surface area contributed by atoms with E-state index in [0.717, 1.165) is 0 Å². The third kappa shape index (κ3) is 4.97. The van der Waals surface area contributed by atoms with Crippen LogP contribution in [0.3, 0.4) is 0 Å². The number of carbonyl (C=O) groups excluding carboxylic acids is 1. The van der Waals surface area contributed by atoms with E-state index in [1.54, 1.807) is 6.92 Å². The molecule has 0 amide bonds. The largest absolute Gasteiger partial charge is 0.481 e. The standard InChI is InChI=1S/C8H13NO4/c1-5(3-7(10)11)8(12)13-6(2)4-9/h6H,1,3-4,9H2,2H3,(H,10,11). The third-order valence-corrected chi connectivity index (χ3v) is 1.29. The molecule has 0 aromatic carbocycles. The molecule has 1 atom stereocenters. The molecule has 0 heterocycles. The van der Waals surface area contributed by atoms with E-state index in [9.17, 15) is 9.59 Å². The maximum Gasteiger partial charge on any atom is 0.334 e. The summed E-state index contributed by atoms with van der Waals surface area (Å²) in [7, 11) is 0. The highest BCUT2D eigenvalue weighted by Gasteiger charge is 2.14. The lowest BCUT2D eigenvalue weighted by atomic mass is 10.2. The van der Waals surface area contributed by atoms with Gasteiger partial charge in [0.25, 0.3) is 0 Å². The SMILES string of the molecule is C=C(CC(=O)O)C(=O)OC(C)CN. The summed E-state index contributed by atoms with van der Waals surface area (Å²) in [5, 5.41) is 8.33. The maximum absolute atomic E-state index is 11.0. The molecule has 0 aliphatic rings. The number of nitrogens with two attached hydrogens (primary N) is 1. The van der Waals surface area contributed by atoms with Gasteiger partial charge in [0.2, 0.25) is 0 Å². The zero-order chi connectivity index (χ0) is 10.4. The van der Waals surface area contributed by atoms with Crippen molar-refractivity contribution in [2.24, 2.45) is 5.73 Å². The predicted molar refractivity (Wildman–Crippen MR) is 46.0 cm³/mol. The van der Waals surface area contributed by atoms with Crippen molar-refractivity contribution in [3.8, 4) is 0 Å². The quantitative estimate of drug-likeness (QED) is 0.463. The summed E-state index contributed by atoms with van der Waals surface area (Å²) in [5.74, 6) is -1.82. The van der Waals surface area contributed by atoms with Gasteiger partial charge in [0.1, 0.15) is 6.10 Å². The average Bonchev–Trinajstić information content (AvgIpc) is 2.02. The first-order valence-electron chi connectivity index (χ1n) is 3.78. The highest BCUT2D eigenvalue weighted by Crippen LogP contribution is 2.02. The number of ether oxygens (including phenoxy) is 1. The first-order valence-corrected chi connectivity index (χ1v) is 3.78. The number of carboxylic acids is 1. The molecule has 0 bridgehead atoms. The monoisotopic (exact) mass is 187 g/mol. The summed E-state index contributed by atoms with van der Waals surface area (Å²) in [6.45, 7) is 5.10. The van der Waals surface area contributed by atoms with Crippen LogP contribution in [0.5, 0.6) is 0 Å². The summed E-state index contributed by atoms with van der Waals surface area (Å²) in [6, 6.07) is 0. The minimum atomic E-state index is -1.11. The molecule has 0 aliphatic carbocycles. The highest BCUT2D eigenvalue weighted by atomic mass is 16.5. The highest BCUT2D eigenvalue weighted by molar-refractivity contribution is 5.92. The second-order valence-electron chi connectivity index (χ2n) is 2.63. The summed E-state index contributed by atoms with van der Waals surface area (Å²) >= 11 is 0. The van der Waals surface area contributed by atoms with Gasteiger partial charge in [0.15, 0.2) is 0 Å². The minimum Gasteiger partial charge on any atom is -0.481 e. The zero-order valence-electron chi connectivity index (χ0n) is 7.45. The van der Waals surface area contributed by atoms with Gasteiger partial charge >= 0.3 is 11.9 Å². The lowest BCUT2D eigenvalue weighted by Gasteiger charge is -2.10. The van der Waals surface area contributed by atoms with Crippen LogP contribution in [-0.2, 0) is 14.3 Å². The molecule has 0 saturated heterocycles. The van der Waals surface area contributed by atoms with E-state index >= 15 is 0 Å². The fraction of sp³-hybridized carbons (Fsp3) is 0.500. The van der Waals surface area contributed by atoms with E-state index < -0.39 is 24.5 Å². The van der Waals surface area contributed by atoms with Crippen molar-refractivity contribution in [2.45, 2.75) is 19.4 Å². The molecule has 0 rings (SSSR count). The van der Waals surface area contributed by atoms with Crippen LogP contribution in [0.4, 0.5) is 0 Å². The molecule has 5 heteroatoms. The van der Waals surface area contributed by atoms with Gasteiger partial charge in [-0.2, -0.15) is 0 Å². The van der Waals surface area contributed by atoms with Crippen LogP contribution < -0.4 is 5.73 Å². The van der Waals surface area contributed by atoms with Gasteiger partial charge in [0, 0.05) is 12.1 Å². The van der Waals surface area contributed by atoms with E-state index in [-0.39, 0.29) is 12.1 Å². The number of carboxylic acid groups (broad SMARTS) is 1. The minimum absolute atomic E-state index is 0.0761. The molecular formula is C8H13NO4. The number of hydrogen-bond donors (Lipinski definition) is 2. The number of rotatable bonds is 5. The van der Waals surface area contributed by atoms with Gasteiger partial charge in [-0.3, -0.25) is 4.79 Å². The van der Waals surface area contributed by atoms with Gasteiger partial charge in [-0.05, 0) is 6.92 Å². The van der Waals surface area contributed by atoms with E-state index in [4.69, 9.17) is 15.6 Å². The molecule has 0 saturated carbocycles. The predicted octanol–water partition coefficient (Wildman–Crippen LogP) is -0.0923. The van der Waals surface area contributed by atoms with Crippen molar-refractivity contribution in [2.75, 3.05) is 6.54 Å². The van der Waals surface area contributed by atoms with Gasteiger partial charge in [-0.15, -0.1) is 0 Å². The van der Waals surface area contributed by atoms with Crippen LogP contribution in [0.2, 0.25) is 0 Å². The molecule has 0 spiro atoms. The summed E-state index contributed by atoms with van der Waals surface area (Å²) in [5.41, 5.74) is 5.12. The van der Waals surface area contributed by atoms with Crippen LogP contribution in [0.1, 0.15) is 13.3 Å². The Morgan fingerprint density at radius 3 is 2.54 bits per heavy atom. The second kappa shape index (κ2) is 5.31. The van der Waals surface area contributed by atoms with Crippen molar-refractivity contribution < 1.29 is 19.4 Å². The lowest BCUT2D eigenvalue weighted by molar-refractivity contribution is -0.145. The topological polar surface area (TPSA) is 89.6 Å². The number of aliphatic carboxylic acids is 1. The maximum atomic E-state index is 11.0. The summed E-state index contributed by atoms with van der Waals surface area (Å²) < 4.78 is 4.74. The number of hydrogen-bond acceptors (Lipinski definition) is 4. The molecule has 0 radical (unpaired) electrons. The van der Waals surface area contributed by atoms with Crippen molar-refractivity contribution >= 4 is 11.9 Å². The van der Waals surface area contributed by atoms with E-state index in [2.05, 4.69) is 6.58 Å². The zero-order valence-corrected chi connectivity index (χ0v) is 7.45. The Hall–Kier alpha value is -1.36. The molecular weight excluding hydrogens is 174 g/mol. The van der Waals surface area contributed by atoms with Crippen molar-refractivity contribution in [3.63, 3.8) is 0 Å². The van der Waals surface area contributed by atoms with Crippen molar-refractivity contribution in [1.82, 2.24) is 0 Å². The molecule has 13 heavy (non-hydrogen) atoms. The van der Waals surface area contributed by atoms with Crippen LogP contribution in [0.15, 0.2) is 12.2 Å². The Kier molecular flexibility index (Phi) is 4.76. The van der Waals surface area contributed by atoms with Crippen LogP contribution in [0, 0.1) is 0 Å². The van der Waals surface area contributed by atoms with Gasteiger partial charge in [0.05, 0.1) is 6.42 Å². The summed E-state index contributed by atoms with van der Waals surface area (Å²) in [4.78, 5) is 21.2. The van der Waals surface area contributed by atoms with Gasteiger partial charge < -0.3 is 15.6 Å². The van der Waals surface area contributed by atoms with E-state index in [1.807, 2.05) is 0 Å². The normalized spacial score (nSPS) is 11.8. The van der Waals surface area contributed by atoms with E-state index in [0.29, 0.717) is 0 Å². The van der Waals surface area contributed by atoms with Crippen molar-refractivity contribution in [1.29, 1.82) is 0 Å². The van der Waals surface area contributed by atoms with Crippen LogP contribution >= 0.6 is 0 Å². The fourth-order valence-corrected chi connectivity index (χ4v) is 0.569. The molecule has 3 N–H and O–H groups in total. The molecule has 0 fully saturated rings. The fourth-order valence-electron chi connectivity index (χ4n) is 0.569. The number of carbonyl (C=O) groups is 2. The van der Waals surface area contributed by atoms with Gasteiger partial charge in [-0.25, -0.2) is 4.79 Å². The van der Waals surface area contributed by atoms with E-state index in [1.165, 1.54) is 0 Å². The van der Waals surface area contributed by atoms with Crippen molar-refractivity contribution in [3.05, 3.63) is 12.2 Å². The van der Waals surface area contributed by atoms with Crippen LogP contribution in [0.25, 0.3) is 0 Å². The Morgan fingerprint density at radius 2 is 2.15 bits per heavy atom. The third-order valence-electron chi connectivity index (χ3n) is 1.29. The Balaban J connectivity index is 3.97. The lowest BCUT2D eigenvalue weighted by Crippen LogP contribution is -2.24. The molecule has 5 nitrogen and oxygen atoms in total. The second-order valence-corrected chi connectivity index (χ2v) is 2.63. The molecule has 74 valence electrons. The van der Waals surface area contributed by atoms with Crippen LogP contribution in [-0.4, -0.2) is 29.7 Å². The molecule has 0 aromatic rings. The smallest absolute Gasteiger partial charge is 0.334 e. The number of esters is 1. The van der Waals surface area contributed by atoms with Gasteiger partial charge in [-0.1, -0.05) is 6.58 Å². The molecule has 0 aliphatic heterocycles. The Labute approximate surface area is 76.2 Å². The molecule has 1 unspecified atom stereocenters. The summed E-state index contributed by atoms with van der Waals surface area (Å²) in [6.07, 6.45) is -0.825. The molecule has 0 aromatic heterocycles.